The first kappa shape index (κ1) is 20.2. The average molecular weight is 358 g/mol. The standard InChI is InChI=1S/C16H23FN2O4S/c1-10(9-18-15(20)21)23-14-7-6-12(17)8-13(14)11(2)19-24(22)16(3,4)5/h6-8,10,18H,9H2,1-5H3,(H,20,21)/b19-11+/t10-,24?/m0/s1. The molecule has 8 heteroatoms. The number of ether oxygens (including phenoxy) is 1. The van der Waals surface area contributed by atoms with Crippen LogP contribution in [-0.4, -0.2) is 38.9 Å². The molecule has 0 aliphatic heterocycles. The number of carboxylic acid groups (broad SMARTS) is 1. The maximum atomic E-state index is 13.6. The van der Waals surface area contributed by atoms with Gasteiger partial charge in [0.1, 0.15) is 33.8 Å². The molecule has 0 radical (unpaired) electrons. The molecule has 0 aromatic heterocycles. The van der Waals surface area contributed by atoms with Crippen LogP contribution >= 0.6 is 0 Å². The summed E-state index contributed by atoms with van der Waals surface area (Å²) in [6.07, 6.45) is -1.62. The molecular formula is C16H23FN2O4S. The van der Waals surface area contributed by atoms with Crippen LogP contribution in [-0.2, 0) is 11.4 Å². The minimum absolute atomic E-state index is 0.0796. The first-order chi connectivity index (χ1) is 11.0. The fourth-order valence-corrected chi connectivity index (χ4v) is 2.31. The second-order valence-corrected chi connectivity index (χ2v) is 8.20. The lowest BCUT2D eigenvalue weighted by molar-refractivity contribution is 0.178. The summed E-state index contributed by atoms with van der Waals surface area (Å²) in [6.45, 7) is 8.78. The zero-order valence-electron chi connectivity index (χ0n) is 14.4. The van der Waals surface area contributed by atoms with E-state index in [1.165, 1.54) is 18.2 Å². The summed E-state index contributed by atoms with van der Waals surface area (Å²) in [5, 5.41) is 10.8. The molecule has 1 aromatic carbocycles. The molecular weight excluding hydrogens is 335 g/mol. The molecule has 0 saturated carbocycles. The molecule has 0 fully saturated rings. The van der Waals surface area contributed by atoms with Gasteiger partial charge in [0.15, 0.2) is 0 Å². The normalized spacial score (nSPS) is 14.9. The van der Waals surface area contributed by atoms with E-state index in [0.29, 0.717) is 17.0 Å². The van der Waals surface area contributed by atoms with E-state index in [0.717, 1.165) is 0 Å². The number of rotatable bonds is 6. The minimum Gasteiger partial charge on any atom is -0.591 e. The van der Waals surface area contributed by atoms with Gasteiger partial charge in [0.2, 0.25) is 0 Å². The topological polar surface area (TPSA) is 94.0 Å². The largest absolute Gasteiger partial charge is 0.591 e. The first-order valence-corrected chi connectivity index (χ1v) is 8.52. The third kappa shape index (κ3) is 6.37. The Hall–Kier alpha value is -1.80. The number of amides is 1. The van der Waals surface area contributed by atoms with Crippen molar-refractivity contribution in [2.45, 2.75) is 45.5 Å². The van der Waals surface area contributed by atoms with E-state index >= 15 is 0 Å². The third-order valence-electron chi connectivity index (χ3n) is 2.94. The van der Waals surface area contributed by atoms with Gasteiger partial charge in [-0.2, -0.15) is 0 Å². The molecule has 6 nitrogen and oxygen atoms in total. The molecule has 2 atom stereocenters. The Bertz CT molecular complexity index is 617. The summed E-state index contributed by atoms with van der Waals surface area (Å²) < 4.78 is 35.0. The molecule has 0 aliphatic rings. The number of benzene rings is 1. The summed E-state index contributed by atoms with van der Waals surface area (Å²) in [6, 6.07) is 3.94. The molecule has 0 spiro atoms. The number of hydrogen-bond donors (Lipinski definition) is 2. The van der Waals surface area contributed by atoms with Crippen LogP contribution in [0.25, 0.3) is 0 Å². The fourth-order valence-electron chi connectivity index (χ4n) is 1.69. The third-order valence-corrected chi connectivity index (χ3v) is 4.43. The molecule has 1 amide bonds. The highest BCUT2D eigenvalue weighted by atomic mass is 32.2. The van der Waals surface area contributed by atoms with Crippen LogP contribution in [0.1, 0.15) is 40.2 Å². The van der Waals surface area contributed by atoms with Crippen molar-refractivity contribution in [2.75, 3.05) is 6.54 Å². The van der Waals surface area contributed by atoms with E-state index in [2.05, 4.69) is 9.71 Å². The Kier molecular flexibility index (Phi) is 7.04. The average Bonchev–Trinajstić information content (AvgIpc) is 2.45. The Balaban J connectivity index is 3.04. The molecule has 24 heavy (non-hydrogen) atoms. The quantitative estimate of drug-likeness (QED) is 0.603. The van der Waals surface area contributed by atoms with E-state index in [4.69, 9.17) is 9.84 Å². The van der Waals surface area contributed by atoms with Crippen LogP contribution in [0.2, 0.25) is 0 Å². The maximum absolute atomic E-state index is 13.6. The molecule has 134 valence electrons. The highest BCUT2D eigenvalue weighted by Crippen LogP contribution is 2.24. The van der Waals surface area contributed by atoms with E-state index in [1.54, 1.807) is 34.6 Å². The van der Waals surface area contributed by atoms with E-state index in [-0.39, 0.29) is 6.54 Å². The molecule has 1 aromatic rings. The Morgan fingerprint density at radius 2 is 2.12 bits per heavy atom. The summed E-state index contributed by atoms with van der Waals surface area (Å²) in [4.78, 5) is 10.5. The lowest BCUT2D eigenvalue weighted by atomic mass is 10.1. The van der Waals surface area contributed by atoms with Gasteiger partial charge in [0, 0.05) is 5.56 Å². The van der Waals surface area contributed by atoms with Crippen molar-refractivity contribution in [3.8, 4) is 5.75 Å². The van der Waals surface area contributed by atoms with Gasteiger partial charge in [-0.15, -0.1) is 0 Å². The number of halogens is 1. The SMILES string of the molecule is C/C(=N\[S+]([O-])C(C)(C)C)c1cc(F)ccc1O[C@@H](C)CNC(=O)O. The Morgan fingerprint density at radius 3 is 2.67 bits per heavy atom. The van der Waals surface area contributed by atoms with E-state index < -0.39 is 34.1 Å². The van der Waals surface area contributed by atoms with Crippen LogP contribution in [0, 0.1) is 5.82 Å². The summed E-state index contributed by atoms with van der Waals surface area (Å²) in [7, 11) is 0. The fraction of sp³-hybridized carbons (Fsp3) is 0.500. The molecule has 2 N–H and O–H groups in total. The molecule has 1 rings (SSSR count). The van der Waals surface area contributed by atoms with Gasteiger partial charge in [0.05, 0.1) is 12.3 Å². The van der Waals surface area contributed by atoms with Crippen molar-refractivity contribution in [3.05, 3.63) is 29.6 Å². The van der Waals surface area contributed by atoms with Crippen molar-refractivity contribution < 1.29 is 23.6 Å². The molecule has 0 bridgehead atoms. The zero-order chi connectivity index (χ0) is 18.5. The molecule has 0 saturated heterocycles. The predicted molar refractivity (Wildman–Crippen MR) is 92.6 cm³/mol. The van der Waals surface area contributed by atoms with Crippen LogP contribution in [0.15, 0.2) is 22.6 Å². The number of nitrogens with zero attached hydrogens (tertiary/aromatic N) is 1. The highest BCUT2D eigenvalue weighted by molar-refractivity contribution is 7.91. The lowest BCUT2D eigenvalue weighted by Crippen LogP contribution is -2.32. The smallest absolute Gasteiger partial charge is 0.404 e. The van der Waals surface area contributed by atoms with Crippen molar-refractivity contribution in [1.29, 1.82) is 0 Å². The second-order valence-electron chi connectivity index (χ2n) is 6.29. The van der Waals surface area contributed by atoms with Crippen LogP contribution < -0.4 is 10.1 Å². The van der Waals surface area contributed by atoms with Gasteiger partial charge in [-0.1, -0.05) is 4.40 Å². The van der Waals surface area contributed by atoms with Gasteiger partial charge >= 0.3 is 6.09 Å². The van der Waals surface area contributed by atoms with E-state index in [1.807, 2.05) is 0 Å². The first-order valence-electron chi connectivity index (χ1n) is 7.41. The van der Waals surface area contributed by atoms with Crippen LogP contribution in [0.4, 0.5) is 9.18 Å². The summed E-state index contributed by atoms with van der Waals surface area (Å²) in [5.41, 5.74) is 0.769. The van der Waals surface area contributed by atoms with Crippen molar-refractivity contribution >= 4 is 23.2 Å². The van der Waals surface area contributed by atoms with Gasteiger partial charge in [-0.3, -0.25) is 0 Å². The van der Waals surface area contributed by atoms with Crippen LogP contribution in [0.3, 0.4) is 0 Å². The predicted octanol–water partition coefficient (Wildman–Crippen LogP) is 3.13. The van der Waals surface area contributed by atoms with Crippen molar-refractivity contribution in [3.63, 3.8) is 0 Å². The zero-order valence-corrected chi connectivity index (χ0v) is 15.2. The van der Waals surface area contributed by atoms with Crippen LogP contribution in [0.5, 0.6) is 5.75 Å². The second kappa shape index (κ2) is 8.34. The minimum atomic E-state index is -1.49. The number of carbonyl (C=O) groups is 1. The lowest BCUT2D eigenvalue weighted by Gasteiger charge is -2.20. The molecule has 1 unspecified atom stereocenters. The number of nitrogens with one attached hydrogen (secondary N) is 1. The monoisotopic (exact) mass is 358 g/mol. The van der Waals surface area contributed by atoms with Gasteiger partial charge < -0.3 is 19.7 Å². The number of hydrogen-bond acceptors (Lipinski definition) is 4. The van der Waals surface area contributed by atoms with Crippen molar-refractivity contribution in [2.24, 2.45) is 4.40 Å². The van der Waals surface area contributed by atoms with Gasteiger partial charge in [-0.05, 0) is 52.8 Å². The Labute approximate surface area is 144 Å². The molecule has 0 heterocycles. The summed E-state index contributed by atoms with van der Waals surface area (Å²) >= 11 is -1.49. The van der Waals surface area contributed by atoms with Gasteiger partial charge in [-0.25, -0.2) is 9.18 Å². The maximum Gasteiger partial charge on any atom is 0.404 e. The molecule has 0 aliphatic carbocycles. The Morgan fingerprint density at radius 1 is 1.50 bits per heavy atom. The summed E-state index contributed by atoms with van der Waals surface area (Å²) in [5.74, 6) is -0.118. The van der Waals surface area contributed by atoms with Gasteiger partial charge in [0.25, 0.3) is 0 Å². The van der Waals surface area contributed by atoms with Crippen molar-refractivity contribution in [1.82, 2.24) is 5.32 Å². The van der Waals surface area contributed by atoms with E-state index in [9.17, 15) is 13.7 Å². The highest BCUT2D eigenvalue weighted by Gasteiger charge is 2.27.